The van der Waals surface area contributed by atoms with Gasteiger partial charge in [-0.15, -0.1) is 0 Å². The van der Waals surface area contributed by atoms with Crippen molar-refractivity contribution in [1.82, 2.24) is 4.90 Å². The molecule has 82 valence electrons. The molecular weight excluding hydrogens is 176 g/mol. The van der Waals surface area contributed by atoms with Crippen molar-refractivity contribution in [2.24, 2.45) is 11.1 Å². The van der Waals surface area contributed by atoms with Crippen LogP contribution in [-0.2, 0) is 4.74 Å². The summed E-state index contributed by atoms with van der Waals surface area (Å²) in [6.45, 7) is 9.84. The summed E-state index contributed by atoms with van der Waals surface area (Å²) in [5, 5.41) is 0. The van der Waals surface area contributed by atoms with Gasteiger partial charge < -0.3 is 10.5 Å². The van der Waals surface area contributed by atoms with Gasteiger partial charge in [-0.2, -0.15) is 0 Å². The van der Waals surface area contributed by atoms with Crippen LogP contribution in [0.1, 0.15) is 27.2 Å². The summed E-state index contributed by atoms with van der Waals surface area (Å²) in [6, 6.07) is 0.825. The molecule has 1 saturated heterocycles. The third-order valence-corrected chi connectivity index (χ3v) is 3.39. The summed E-state index contributed by atoms with van der Waals surface area (Å²) in [5.74, 6) is 0. The van der Waals surface area contributed by atoms with E-state index < -0.39 is 0 Å². The van der Waals surface area contributed by atoms with Gasteiger partial charge in [0, 0.05) is 25.7 Å². The first-order valence-electron chi connectivity index (χ1n) is 5.65. The van der Waals surface area contributed by atoms with Crippen LogP contribution in [0.25, 0.3) is 0 Å². The summed E-state index contributed by atoms with van der Waals surface area (Å²) >= 11 is 0. The Hall–Kier alpha value is -0.120. The fraction of sp³-hybridized carbons (Fsp3) is 1.00. The maximum absolute atomic E-state index is 6.02. The van der Waals surface area contributed by atoms with E-state index in [1.807, 2.05) is 0 Å². The number of ether oxygens (including phenoxy) is 1. The minimum Gasteiger partial charge on any atom is -0.377 e. The predicted octanol–water partition coefficient (Wildman–Crippen LogP) is 0.833. The smallest absolute Gasteiger partial charge is 0.0760 e. The Morgan fingerprint density at radius 3 is 2.50 bits per heavy atom. The summed E-state index contributed by atoms with van der Waals surface area (Å²) in [6.07, 6.45) is 1.43. The average Bonchev–Trinajstić information content (AvgIpc) is 2.00. The van der Waals surface area contributed by atoms with Gasteiger partial charge in [-0.1, -0.05) is 13.8 Å². The molecule has 0 amide bonds. The fourth-order valence-corrected chi connectivity index (χ4v) is 2.78. The molecule has 1 heterocycles. The van der Waals surface area contributed by atoms with Crippen molar-refractivity contribution in [3.8, 4) is 0 Å². The highest BCUT2D eigenvalue weighted by Crippen LogP contribution is 2.37. The molecule has 2 fully saturated rings. The Morgan fingerprint density at radius 1 is 1.43 bits per heavy atom. The molecule has 2 N–H and O–H groups in total. The van der Waals surface area contributed by atoms with Gasteiger partial charge in [0.05, 0.1) is 12.1 Å². The largest absolute Gasteiger partial charge is 0.377 e. The van der Waals surface area contributed by atoms with E-state index >= 15 is 0 Å². The summed E-state index contributed by atoms with van der Waals surface area (Å²) < 4.78 is 5.66. The molecule has 3 nitrogen and oxygen atoms in total. The van der Waals surface area contributed by atoms with Crippen LogP contribution in [0.3, 0.4) is 0 Å². The van der Waals surface area contributed by atoms with Gasteiger partial charge in [0.15, 0.2) is 0 Å². The Bertz CT molecular complexity index is 207. The fourth-order valence-electron chi connectivity index (χ4n) is 2.78. The lowest BCUT2D eigenvalue weighted by atomic mass is 9.75. The molecule has 0 aromatic rings. The number of likely N-dealkylation sites (tertiary alicyclic amines) is 1. The molecule has 3 unspecified atom stereocenters. The molecule has 0 aromatic heterocycles. The lowest BCUT2D eigenvalue weighted by molar-refractivity contribution is -0.128. The maximum Gasteiger partial charge on any atom is 0.0760 e. The monoisotopic (exact) mass is 198 g/mol. The molecule has 0 bridgehead atoms. The van der Waals surface area contributed by atoms with Crippen LogP contribution in [-0.4, -0.2) is 42.8 Å². The zero-order valence-corrected chi connectivity index (χ0v) is 9.49. The maximum atomic E-state index is 6.02. The van der Waals surface area contributed by atoms with Gasteiger partial charge in [-0.3, -0.25) is 4.90 Å². The van der Waals surface area contributed by atoms with Crippen molar-refractivity contribution in [3.63, 3.8) is 0 Å². The lowest BCUT2D eigenvalue weighted by Gasteiger charge is -2.57. The molecule has 0 radical (unpaired) electrons. The van der Waals surface area contributed by atoms with Crippen LogP contribution >= 0.6 is 0 Å². The first kappa shape index (κ1) is 10.4. The minimum atomic E-state index is 0.336. The van der Waals surface area contributed by atoms with Crippen molar-refractivity contribution >= 4 is 0 Å². The van der Waals surface area contributed by atoms with Gasteiger partial charge in [-0.25, -0.2) is 0 Å². The second-order valence-corrected chi connectivity index (χ2v) is 5.45. The molecule has 2 aliphatic rings. The van der Waals surface area contributed by atoms with E-state index in [1.165, 1.54) is 13.1 Å². The number of nitrogens with zero attached hydrogens (tertiary/aromatic N) is 1. The van der Waals surface area contributed by atoms with E-state index in [4.69, 9.17) is 10.5 Å². The molecule has 1 aliphatic heterocycles. The van der Waals surface area contributed by atoms with Gasteiger partial charge in [0.25, 0.3) is 0 Å². The Labute approximate surface area is 86.6 Å². The molecule has 1 saturated carbocycles. The van der Waals surface area contributed by atoms with Gasteiger partial charge in [-0.05, 0) is 18.8 Å². The predicted molar refractivity (Wildman–Crippen MR) is 57.1 cm³/mol. The van der Waals surface area contributed by atoms with Crippen molar-refractivity contribution in [3.05, 3.63) is 0 Å². The molecule has 0 aromatic carbocycles. The van der Waals surface area contributed by atoms with Crippen LogP contribution in [0.5, 0.6) is 0 Å². The third kappa shape index (κ3) is 1.69. The second kappa shape index (κ2) is 3.47. The van der Waals surface area contributed by atoms with Crippen LogP contribution in [0, 0.1) is 5.41 Å². The summed E-state index contributed by atoms with van der Waals surface area (Å²) in [4.78, 5) is 2.48. The van der Waals surface area contributed by atoms with Gasteiger partial charge in [0.1, 0.15) is 0 Å². The number of rotatable bonds is 3. The number of nitrogens with two attached hydrogens (primary N) is 1. The SMILES string of the molecule is CCOC1CC(N)C1N1CC(C)(C)C1. The topological polar surface area (TPSA) is 38.5 Å². The summed E-state index contributed by atoms with van der Waals surface area (Å²) in [5.41, 5.74) is 6.51. The van der Waals surface area contributed by atoms with E-state index in [0.29, 0.717) is 23.6 Å². The van der Waals surface area contributed by atoms with Crippen LogP contribution < -0.4 is 5.73 Å². The quantitative estimate of drug-likeness (QED) is 0.730. The summed E-state index contributed by atoms with van der Waals surface area (Å²) in [7, 11) is 0. The van der Waals surface area contributed by atoms with E-state index in [2.05, 4.69) is 25.7 Å². The van der Waals surface area contributed by atoms with Crippen molar-refractivity contribution < 1.29 is 4.74 Å². The van der Waals surface area contributed by atoms with Gasteiger partial charge in [0.2, 0.25) is 0 Å². The van der Waals surface area contributed by atoms with Crippen molar-refractivity contribution in [2.45, 2.75) is 45.4 Å². The van der Waals surface area contributed by atoms with Crippen molar-refractivity contribution in [1.29, 1.82) is 0 Å². The van der Waals surface area contributed by atoms with Crippen molar-refractivity contribution in [2.75, 3.05) is 19.7 Å². The highest BCUT2D eigenvalue weighted by molar-refractivity contribution is 5.05. The second-order valence-electron chi connectivity index (χ2n) is 5.45. The minimum absolute atomic E-state index is 0.336. The molecule has 1 aliphatic carbocycles. The van der Waals surface area contributed by atoms with Gasteiger partial charge >= 0.3 is 0 Å². The van der Waals surface area contributed by atoms with E-state index in [-0.39, 0.29) is 0 Å². The first-order chi connectivity index (χ1) is 6.53. The average molecular weight is 198 g/mol. The number of hydrogen-bond donors (Lipinski definition) is 1. The molecular formula is C11H22N2O. The van der Waals surface area contributed by atoms with Crippen LogP contribution in [0.4, 0.5) is 0 Å². The van der Waals surface area contributed by atoms with Crippen LogP contribution in [0.2, 0.25) is 0 Å². The lowest BCUT2D eigenvalue weighted by Crippen LogP contribution is -2.71. The number of hydrogen-bond acceptors (Lipinski definition) is 3. The highest BCUT2D eigenvalue weighted by Gasteiger charge is 2.49. The standard InChI is InChI=1S/C11H22N2O/c1-4-14-9-5-8(12)10(9)13-6-11(2,3)7-13/h8-10H,4-7,12H2,1-3H3. The van der Waals surface area contributed by atoms with Crippen LogP contribution in [0.15, 0.2) is 0 Å². The zero-order chi connectivity index (χ0) is 10.3. The molecule has 3 heteroatoms. The molecule has 2 rings (SSSR count). The Morgan fingerprint density at radius 2 is 2.07 bits per heavy atom. The highest BCUT2D eigenvalue weighted by atomic mass is 16.5. The normalized spacial score (nSPS) is 41.6. The molecule has 0 spiro atoms. The first-order valence-corrected chi connectivity index (χ1v) is 5.65. The Balaban J connectivity index is 1.85. The molecule has 14 heavy (non-hydrogen) atoms. The van der Waals surface area contributed by atoms with E-state index in [9.17, 15) is 0 Å². The van der Waals surface area contributed by atoms with E-state index in [0.717, 1.165) is 13.0 Å². The Kier molecular flexibility index (Phi) is 2.58. The van der Waals surface area contributed by atoms with E-state index in [1.54, 1.807) is 0 Å². The third-order valence-electron chi connectivity index (χ3n) is 3.39. The zero-order valence-electron chi connectivity index (χ0n) is 9.49. The molecule has 3 atom stereocenters.